The van der Waals surface area contributed by atoms with Crippen molar-refractivity contribution < 1.29 is 4.79 Å². The maximum absolute atomic E-state index is 11.2. The molecule has 13 heavy (non-hydrogen) atoms. The Bertz CT molecular complexity index is 305. The summed E-state index contributed by atoms with van der Waals surface area (Å²) in [4.78, 5) is 11.2. The second kappa shape index (κ2) is 3.93. The van der Waals surface area contributed by atoms with E-state index in [1.807, 2.05) is 6.92 Å². The summed E-state index contributed by atoms with van der Waals surface area (Å²) in [5, 5.41) is 9.18. The lowest BCUT2D eigenvalue weighted by atomic mass is 10.3. The van der Waals surface area contributed by atoms with Gasteiger partial charge in [-0.2, -0.15) is 5.10 Å². The number of H-pyrrole nitrogens is 1. The molecule has 0 spiro atoms. The van der Waals surface area contributed by atoms with Gasteiger partial charge >= 0.3 is 0 Å². The number of nitrogen functional groups attached to an aromatic ring is 1. The van der Waals surface area contributed by atoms with Gasteiger partial charge in [0.25, 0.3) is 0 Å². The third kappa shape index (κ3) is 2.21. The van der Waals surface area contributed by atoms with Crippen LogP contribution in [0.15, 0.2) is 0 Å². The molecule has 0 radical (unpaired) electrons. The predicted octanol–water partition coefficient (Wildman–Crippen LogP) is 1.04. The zero-order valence-corrected chi connectivity index (χ0v) is 7.85. The van der Waals surface area contributed by atoms with Crippen molar-refractivity contribution in [3.05, 3.63) is 5.69 Å². The normalized spacial score (nSPS) is 10.0. The number of aromatic nitrogens is 2. The summed E-state index contributed by atoms with van der Waals surface area (Å²) in [5.41, 5.74) is 6.91. The van der Waals surface area contributed by atoms with E-state index in [-0.39, 0.29) is 5.91 Å². The van der Waals surface area contributed by atoms with Crippen LogP contribution in [0.5, 0.6) is 0 Å². The molecule has 0 aliphatic heterocycles. The Labute approximate surface area is 76.7 Å². The molecule has 4 N–H and O–H groups in total. The lowest BCUT2D eigenvalue weighted by Crippen LogP contribution is -2.12. The van der Waals surface area contributed by atoms with Crippen molar-refractivity contribution in [3.8, 4) is 0 Å². The number of hydrogen-bond donors (Lipinski definition) is 3. The van der Waals surface area contributed by atoms with Crippen LogP contribution < -0.4 is 11.1 Å². The van der Waals surface area contributed by atoms with Gasteiger partial charge in [0.05, 0.1) is 11.4 Å². The van der Waals surface area contributed by atoms with Crippen molar-refractivity contribution in [2.45, 2.75) is 26.7 Å². The number of nitrogens with one attached hydrogen (secondary N) is 2. The minimum Gasteiger partial charge on any atom is -0.394 e. The molecule has 5 heteroatoms. The third-order valence-electron chi connectivity index (χ3n) is 1.73. The van der Waals surface area contributed by atoms with Gasteiger partial charge in [0, 0.05) is 6.42 Å². The maximum Gasteiger partial charge on any atom is 0.225 e. The van der Waals surface area contributed by atoms with E-state index in [1.54, 1.807) is 6.92 Å². The highest BCUT2D eigenvalue weighted by Gasteiger charge is 2.08. The van der Waals surface area contributed by atoms with Crippen molar-refractivity contribution >= 4 is 17.4 Å². The molecule has 72 valence electrons. The SMILES string of the molecule is CCCC(=O)Nc1n[nH]c(C)c1N. The number of carbonyl (C=O) groups excluding carboxylic acids is 1. The molecule has 1 aromatic heterocycles. The Balaban J connectivity index is 2.64. The molecule has 0 atom stereocenters. The standard InChI is InChI=1S/C8H14N4O/c1-3-4-6(13)10-8-7(9)5(2)11-12-8/h3-4,9H2,1-2H3,(H2,10,11,12,13). The number of amides is 1. The third-order valence-corrected chi connectivity index (χ3v) is 1.73. The van der Waals surface area contributed by atoms with Gasteiger partial charge in [-0.05, 0) is 13.3 Å². The van der Waals surface area contributed by atoms with E-state index >= 15 is 0 Å². The number of aryl methyl sites for hydroxylation is 1. The summed E-state index contributed by atoms with van der Waals surface area (Å²) >= 11 is 0. The summed E-state index contributed by atoms with van der Waals surface area (Å²) in [6.07, 6.45) is 1.31. The Kier molecular flexibility index (Phi) is 2.89. The van der Waals surface area contributed by atoms with Gasteiger partial charge in [-0.3, -0.25) is 9.89 Å². The van der Waals surface area contributed by atoms with E-state index in [4.69, 9.17) is 5.73 Å². The highest BCUT2D eigenvalue weighted by molar-refractivity contribution is 5.92. The van der Waals surface area contributed by atoms with Crippen LogP contribution in [0.4, 0.5) is 11.5 Å². The number of nitrogens with two attached hydrogens (primary N) is 1. The predicted molar refractivity (Wildman–Crippen MR) is 51.3 cm³/mol. The number of nitrogens with zero attached hydrogens (tertiary/aromatic N) is 1. The molecular weight excluding hydrogens is 168 g/mol. The smallest absolute Gasteiger partial charge is 0.225 e. The Morgan fingerprint density at radius 3 is 2.85 bits per heavy atom. The van der Waals surface area contributed by atoms with Crippen molar-refractivity contribution in [1.82, 2.24) is 10.2 Å². The fourth-order valence-electron chi connectivity index (χ4n) is 0.955. The second-order valence-corrected chi connectivity index (χ2v) is 2.91. The van der Waals surface area contributed by atoms with Gasteiger partial charge in [-0.15, -0.1) is 0 Å². The first-order chi connectivity index (χ1) is 6.15. The van der Waals surface area contributed by atoms with Gasteiger partial charge in [-0.1, -0.05) is 6.92 Å². The average Bonchev–Trinajstić information content (AvgIpc) is 2.37. The van der Waals surface area contributed by atoms with Crippen LogP contribution in [-0.4, -0.2) is 16.1 Å². The molecule has 0 fully saturated rings. The van der Waals surface area contributed by atoms with E-state index in [9.17, 15) is 4.79 Å². The van der Waals surface area contributed by atoms with Gasteiger partial charge in [0.1, 0.15) is 0 Å². The van der Waals surface area contributed by atoms with Crippen LogP contribution in [0, 0.1) is 6.92 Å². The molecule has 1 amide bonds. The molecular formula is C8H14N4O. The molecule has 0 saturated carbocycles. The average molecular weight is 182 g/mol. The lowest BCUT2D eigenvalue weighted by Gasteiger charge is -2.00. The van der Waals surface area contributed by atoms with Gasteiger partial charge in [0.15, 0.2) is 5.82 Å². The second-order valence-electron chi connectivity index (χ2n) is 2.91. The van der Waals surface area contributed by atoms with Crippen molar-refractivity contribution in [3.63, 3.8) is 0 Å². The van der Waals surface area contributed by atoms with Crippen LogP contribution in [0.3, 0.4) is 0 Å². The molecule has 1 heterocycles. The maximum atomic E-state index is 11.2. The van der Waals surface area contributed by atoms with Gasteiger partial charge < -0.3 is 11.1 Å². The summed E-state index contributed by atoms with van der Waals surface area (Å²) in [7, 11) is 0. The van der Waals surface area contributed by atoms with Crippen molar-refractivity contribution in [2.75, 3.05) is 11.1 Å². The molecule has 0 aliphatic rings. The van der Waals surface area contributed by atoms with Crippen LogP contribution in [0.25, 0.3) is 0 Å². The Morgan fingerprint density at radius 2 is 2.38 bits per heavy atom. The van der Waals surface area contributed by atoms with Crippen molar-refractivity contribution in [2.24, 2.45) is 0 Å². The number of carbonyl (C=O) groups is 1. The highest BCUT2D eigenvalue weighted by Crippen LogP contribution is 2.17. The Morgan fingerprint density at radius 1 is 1.69 bits per heavy atom. The molecule has 0 unspecified atom stereocenters. The van der Waals surface area contributed by atoms with Crippen LogP contribution in [0.1, 0.15) is 25.5 Å². The van der Waals surface area contributed by atoms with Crippen LogP contribution in [0.2, 0.25) is 0 Å². The lowest BCUT2D eigenvalue weighted by molar-refractivity contribution is -0.116. The van der Waals surface area contributed by atoms with E-state index in [0.717, 1.165) is 12.1 Å². The monoisotopic (exact) mass is 182 g/mol. The van der Waals surface area contributed by atoms with E-state index in [0.29, 0.717) is 17.9 Å². The fraction of sp³-hybridized carbons (Fsp3) is 0.500. The topological polar surface area (TPSA) is 83.8 Å². The van der Waals surface area contributed by atoms with E-state index < -0.39 is 0 Å². The first-order valence-corrected chi connectivity index (χ1v) is 4.25. The summed E-state index contributed by atoms with van der Waals surface area (Å²) < 4.78 is 0. The zero-order valence-electron chi connectivity index (χ0n) is 7.85. The highest BCUT2D eigenvalue weighted by atomic mass is 16.1. The quantitative estimate of drug-likeness (QED) is 0.653. The summed E-state index contributed by atoms with van der Waals surface area (Å²) in [6.45, 7) is 3.75. The molecule has 0 aromatic carbocycles. The molecule has 0 bridgehead atoms. The van der Waals surface area contributed by atoms with E-state index in [2.05, 4.69) is 15.5 Å². The van der Waals surface area contributed by atoms with Crippen LogP contribution >= 0.6 is 0 Å². The number of aromatic amines is 1. The van der Waals surface area contributed by atoms with Gasteiger partial charge in [-0.25, -0.2) is 0 Å². The summed E-state index contributed by atoms with van der Waals surface area (Å²) in [5.74, 6) is 0.372. The number of rotatable bonds is 3. The number of anilines is 2. The molecule has 5 nitrogen and oxygen atoms in total. The molecule has 0 aliphatic carbocycles. The zero-order chi connectivity index (χ0) is 9.84. The molecule has 0 saturated heterocycles. The van der Waals surface area contributed by atoms with Crippen molar-refractivity contribution in [1.29, 1.82) is 0 Å². The summed E-state index contributed by atoms with van der Waals surface area (Å²) in [6, 6.07) is 0. The van der Waals surface area contributed by atoms with E-state index in [1.165, 1.54) is 0 Å². The number of hydrogen-bond acceptors (Lipinski definition) is 3. The fourth-order valence-corrected chi connectivity index (χ4v) is 0.955. The minimum atomic E-state index is -0.0549. The molecule has 1 rings (SSSR count). The first kappa shape index (κ1) is 9.57. The largest absolute Gasteiger partial charge is 0.394 e. The first-order valence-electron chi connectivity index (χ1n) is 4.25. The minimum absolute atomic E-state index is 0.0549. The molecule has 1 aromatic rings. The van der Waals surface area contributed by atoms with Crippen LogP contribution in [-0.2, 0) is 4.79 Å². The van der Waals surface area contributed by atoms with Gasteiger partial charge in [0.2, 0.25) is 5.91 Å². The Hall–Kier alpha value is -1.52.